The van der Waals surface area contributed by atoms with Crippen LogP contribution < -0.4 is 9.47 Å². The standard InChI is InChI=1S/C12H13NO3/c1-14-11-4-2-3-9(7-13)12(11)16-10-5-6-15-8-10/h2-4,10H,5-6,8H2,1H3. The molecule has 1 unspecified atom stereocenters. The number of ether oxygens (including phenoxy) is 3. The Morgan fingerprint density at radius 2 is 2.38 bits per heavy atom. The summed E-state index contributed by atoms with van der Waals surface area (Å²) in [6.45, 7) is 1.28. The molecule has 4 heteroatoms. The van der Waals surface area contributed by atoms with E-state index in [4.69, 9.17) is 19.5 Å². The van der Waals surface area contributed by atoms with E-state index in [9.17, 15) is 0 Å². The summed E-state index contributed by atoms with van der Waals surface area (Å²) in [5.74, 6) is 1.11. The zero-order valence-corrected chi connectivity index (χ0v) is 9.10. The molecule has 4 nitrogen and oxygen atoms in total. The lowest BCUT2D eigenvalue weighted by molar-refractivity contribution is 0.138. The summed E-state index contributed by atoms with van der Waals surface area (Å²) < 4.78 is 16.2. The fourth-order valence-electron chi connectivity index (χ4n) is 1.66. The van der Waals surface area contributed by atoms with Crippen LogP contribution in [0.4, 0.5) is 0 Å². The van der Waals surface area contributed by atoms with Crippen molar-refractivity contribution in [3.8, 4) is 17.6 Å². The van der Waals surface area contributed by atoms with Crippen LogP contribution in [0.25, 0.3) is 0 Å². The first-order valence-corrected chi connectivity index (χ1v) is 5.16. The topological polar surface area (TPSA) is 51.5 Å². The van der Waals surface area contributed by atoms with E-state index in [0.29, 0.717) is 30.3 Å². The molecule has 0 bridgehead atoms. The number of hydrogen-bond acceptors (Lipinski definition) is 4. The maximum Gasteiger partial charge on any atom is 0.179 e. The summed E-state index contributed by atoms with van der Waals surface area (Å²) in [7, 11) is 1.56. The van der Waals surface area contributed by atoms with Gasteiger partial charge in [-0.3, -0.25) is 0 Å². The van der Waals surface area contributed by atoms with Crippen LogP contribution in [-0.2, 0) is 4.74 Å². The minimum atomic E-state index is 0.0170. The van der Waals surface area contributed by atoms with Crippen LogP contribution in [-0.4, -0.2) is 26.4 Å². The van der Waals surface area contributed by atoms with Gasteiger partial charge in [0.2, 0.25) is 0 Å². The van der Waals surface area contributed by atoms with Crippen molar-refractivity contribution in [3.63, 3.8) is 0 Å². The average Bonchev–Trinajstić information content (AvgIpc) is 2.82. The number of rotatable bonds is 3. The summed E-state index contributed by atoms with van der Waals surface area (Å²) in [4.78, 5) is 0. The van der Waals surface area contributed by atoms with Crippen molar-refractivity contribution in [2.75, 3.05) is 20.3 Å². The van der Waals surface area contributed by atoms with Crippen LogP contribution in [0.15, 0.2) is 18.2 Å². The molecule has 1 atom stereocenters. The van der Waals surface area contributed by atoms with Gasteiger partial charge in [-0.15, -0.1) is 0 Å². The highest BCUT2D eigenvalue weighted by Gasteiger charge is 2.20. The van der Waals surface area contributed by atoms with Crippen molar-refractivity contribution >= 4 is 0 Å². The van der Waals surface area contributed by atoms with Gasteiger partial charge in [0.25, 0.3) is 0 Å². The van der Waals surface area contributed by atoms with Crippen molar-refractivity contribution in [3.05, 3.63) is 23.8 Å². The molecular formula is C12H13NO3. The van der Waals surface area contributed by atoms with Gasteiger partial charge in [0, 0.05) is 6.42 Å². The lowest BCUT2D eigenvalue weighted by Gasteiger charge is -2.15. The zero-order chi connectivity index (χ0) is 11.4. The number of para-hydroxylation sites is 1. The maximum atomic E-state index is 9.00. The van der Waals surface area contributed by atoms with E-state index in [1.165, 1.54) is 0 Å². The molecular weight excluding hydrogens is 206 g/mol. The lowest BCUT2D eigenvalue weighted by Crippen LogP contribution is -2.16. The van der Waals surface area contributed by atoms with Crippen LogP contribution in [0, 0.1) is 11.3 Å². The minimum absolute atomic E-state index is 0.0170. The third-order valence-electron chi connectivity index (χ3n) is 2.49. The molecule has 0 saturated carbocycles. The van der Waals surface area contributed by atoms with Crippen LogP contribution in [0.3, 0.4) is 0 Å². The quantitative estimate of drug-likeness (QED) is 0.776. The van der Waals surface area contributed by atoms with E-state index in [1.54, 1.807) is 25.3 Å². The molecule has 1 aliphatic rings. The van der Waals surface area contributed by atoms with Crippen molar-refractivity contribution in [2.24, 2.45) is 0 Å². The highest BCUT2D eigenvalue weighted by atomic mass is 16.6. The van der Waals surface area contributed by atoms with Gasteiger partial charge in [-0.05, 0) is 12.1 Å². The summed E-state index contributed by atoms with van der Waals surface area (Å²) >= 11 is 0. The van der Waals surface area contributed by atoms with E-state index >= 15 is 0 Å². The summed E-state index contributed by atoms with van der Waals surface area (Å²) in [6, 6.07) is 7.37. The molecule has 1 aliphatic heterocycles. The van der Waals surface area contributed by atoms with E-state index in [-0.39, 0.29) is 6.10 Å². The molecule has 1 aromatic rings. The molecule has 1 saturated heterocycles. The van der Waals surface area contributed by atoms with Crippen LogP contribution in [0.2, 0.25) is 0 Å². The zero-order valence-electron chi connectivity index (χ0n) is 9.10. The minimum Gasteiger partial charge on any atom is -0.493 e. The number of nitrogens with zero attached hydrogens (tertiary/aromatic N) is 1. The first-order chi connectivity index (χ1) is 7.85. The highest BCUT2D eigenvalue weighted by molar-refractivity contribution is 5.52. The molecule has 1 heterocycles. The average molecular weight is 219 g/mol. The molecule has 84 valence electrons. The predicted octanol–water partition coefficient (Wildman–Crippen LogP) is 1.73. The second-order valence-electron chi connectivity index (χ2n) is 3.55. The predicted molar refractivity (Wildman–Crippen MR) is 57.6 cm³/mol. The molecule has 0 spiro atoms. The van der Waals surface area contributed by atoms with Crippen LogP contribution >= 0.6 is 0 Å². The van der Waals surface area contributed by atoms with Gasteiger partial charge in [0.1, 0.15) is 12.2 Å². The third kappa shape index (κ3) is 2.10. The van der Waals surface area contributed by atoms with E-state index < -0.39 is 0 Å². The van der Waals surface area contributed by atoms with E-state index in [2.05, 4.69) is 6.07 Å². The monoisotopic (exact) mass is 219 g/mol. The number of benzene rings is 1. The van der Waals surface area contributed by atoms with Gasteiger partial charge >= 0.3 is 0 Å². The smallest absolute Gasteiger partial charge is 0.179 e. The third-order valence-corrected chi connectivity index (χ3v) is 2.49. The number of methoxy groups -OCH3 is 1. The normalized spacial score (nSPS) is 19.1. The second-order valence-corrected chi connectivity index (χ2v) is 3.55. The molecule has 0 aliphatic carbocycles. The van der Waals surface area contributed by atoms with Gasteiger partial charge in [-0.2, -0.15) is 5.26 Å². The number of hydrogen-bond donors (Lipinski definition) is 0. The Hall–Kier alpha value is -1.73. The molecule has 1 aromatic carbocycles. The first-order valence-electron chi connectivity index (χ1n) is 5.16. The summed E-state index contributed by atoms with van der Waals surface area (Å²) in [5, 5.41) is 9.00. The number of nitriles is 1. The molecule has 16 heavy (non-hydrogen) atoms. The molecule has 0 radical (unpaired) electrons. The van der Waals surface area contributed by atoms with Gasteiger partial charge in [-0.25, -0.2) is 0 Å². The Morgan fingerprint density at radius 3 is 3.00 bits per heavy atom. The molecule has 2 rings (SSSR count). The SMILES string of the molecule is COc1cccc(C#N)c1OC1CCOC1. The fraction of sp³-hybridized carbons (Fsp3) is 0.417. The second kappa shape index (κ2) is 4.86. The lowest BCUT2D eigenvalue weighted by atomic mass is 10.2. The Morgan fingerprint density at radius 1 is 1.50 bits per heavy atom. The largest absolute Gasteiger partial charge is 0.493 e. The Labute approximate surface area is 94.3 Å². The van der Waals surface area contributed by atoms with E-state index in [0.717, 1.165) is 6.42 Å². The van der Waals surface area contributed by atoms with Crippen molar-refractivity contribution < 1.29 is 14.2 Å². The van der Waals surface area contributed by atoms with E-state index in [1.807, 2.05) is 0 Å². The Bertz CT molecular complexity index is 405. The molecule has 0 N–H and O–H groups in total. The maximum absolute atomic E-state index is 9.00. The molecule has 0 amide bonds. The van der Waals surface area contributed by atoms with Crippen molar-refractivity contribution in [2.45, 2.75) is 12.5 Å². The Kier molecular flexibility index (Phi) is 3.28. The summed E-state index contributed by atoms with van der Waals surface area (Å²) in [6.07, 6.45) is 0.867. The van der Waals surface area contributed by atoms with Gasteiger partial charge in [0.05, 0.1) is 25.9 Å². The highest BCUT2D eigenvalue weighted by Crippen LogP contribution is 2.32. The van der Waals surface area contributed by atoms with Crippen LogP contribution in [0.1, 0.15) is 12.0 Å². The van der Waals surface area contributed by atoms with Crippen molar-refractivity contribution in [1.82, 2.24) is 0 Å². The van der Waals surface area contributed by atoms with Crippen LogP contribution in [0.5, 0.6) is 11.5 Å². The van der Waals surface area contributed by atoms with Gasteiger partial charge < -0.3 is 14.2 Å². The fourth-order valence-corrected chi connectivity index (χ4v) is 1.66. The molecule has 0 aromatic heterocycles. The first kappa shape index (κ1) is 10.8. The Balaban J connectivity index is 2.26. The van der Waals surface area contributed by atoms with Crippen molar-refractivity contribution in [1.29, 1.82) is 5.26 Å². The molecule has 1 fully saturated rings. The van der Waals surface area contributed by atoms with Gasteiger partial charge in [0.15, 0.2) is 11.5 Å². The summed E-state index contributed by atoms with van der Waals surface area (Å²) in [5.41, 5.74) is 0.492. The van der Waals surface area contributed by atoms with Gasteiger partial charge in [-0.1, -0.05) is 6.07 Å².